The molecule has 1 atom stereocenters. The molecule has 0 unspecified atom stereocenters. The number of benzene rings is 1. The minimum Gasteiger partial charge on any atom is -0.448 e. The summed E-state index contributed by atoms with van der Waals surface area (Å²) in [5.41, 5.74) is 3.19. The van der Waals surface area contributed by atoms with Gasteiger partial charge in [-0.15, -0.1) is 0 Å². The molecule has 2 aromatic rings. The van der Waals surface area contributed by atoms with Crippen LogP contribution in [0.4, 0.5) is 0 Å². The van der Waals surface area contributed by atoms with Crippen LogP contribution >= 0.6 is 15.9 Å². The van der Waals surface area contributed by atoms with E-state index in [0.717, 1.165) is 5.56 Å². The van der Waals surface area contributed by atoms with Crippen LogP contribution in [0.5, 0.6) is 0 Å². The van der Waals surface area contributed by atoms with Gasteiger partial charge in [-0.2, -0.15) is 5.10 Å². The van der Waals surface area contributed by atoms with Gasteiger partial charge in [0.05, 0.1) is 12.3 Å². The lowest BCUT2D eigenvalue weighted by molar-refractivity contribution is -0.121. The van der Waals surface area contributed by atoms with Crippen LogP contribution in [-0.4, -0.2) is 17.2 Å². The van der Waals surface area contributed by atoms with Crippen molar-refractivity contribution in [3.8, 4) is 0 Å². The number of nitrogens with zero attached hydrogens (tertiary/aromatic N) is 1. The summed E-state index contributed by atoms with van der Waals surface area (Å²) in [5, 5.41) is 13.7. The van der Waals surface area contributed by atoms with Crippen molar-refractivity contribution in [2.45, 2.75) is 18.9 Å². The Morgan fingerprint density at radius 2 is 2.10 bits per heavy atom. The van der Waals surface area contributed by atoms with E-state index in [2.05, 4.69) is 26.5 Å². The molecule has 0 saturated carbocycles. The number of furan rings is 1. The Hall–Kier alpha value is -1.92. The van der Waals surface area contributed by atoms with Crippen LogP contribution in [0.15, 0.2) is 56.7 Å². The van der Waals surface area contributed by atoms with Crippen LogP contribution < -0.4 is 5.43 Å². The number of carbonyl (C=O) groups excluding carboxylic acids is 1. The average Bonchev–Trinajstić information content (AvgIpc) is 2.91. The largest absolute Gasteiger partial charge is 0.448 e. The van der Waals surface area contributed by atoms with E-state index in [0.29, 0.717) is 16.9 Å². The van der Waals surface area contributed by atoms with Crippen molar-refractivity contribution in [3.63, 3.8) is 0 Å². The molecule has 2 N–H and O–H groups in total. The van der Waals surface area contributed by atoms with Gasteiger partial charge >= 0.3 is 0 Å². The predicted molar refractivity (Wildman–Crippen MR) is 82.8 cm³/mol. The van der Waals surface area contributed by atoms with E-state index in [1.807, 2.05) is 30.3 Å². The molecule has 1 amide bonds. The molecule has 5 nitrogen and oxygen atoms in total. The van der Waals surface area contributed by atoms with Gasteiger partial charge in [0.1, 0.15) is 5.76 Å². The van der Waals surface area contributed by atoms with E-state index in [1.165, 1.54) is 6.21 Å². The zero-order chi connectivity index (χ0) is 15.1. The normalized spacial score (nSPS) is 12.5. The highest BCUT2D eigenvalue weighted by Gasteiger charge is 2.09. The number of halogens is 1. The summed E-state index contributed by atoms with van der Waals surface area (Å²) in [5.74, 6) is 0.276. The molecule has 6 heteroatoms. The maximum atomic E-state index is 11.6. The first-order chi connectivity index (χ1) is 10.1. The van der Waals surface area contributed by atoms with Gasteiger partial charge in [-0.25, -0.2) is 5.43 Å². The number of aliphatic hydroxyl groups is 1. The molecule has 0 spiro atoms. The van der Waals surface area contributed by atoms with Gasteiger partial charge in [0.2, 0.25) is 5.91 Å². The summed E-state index contributed by atoms with van der Waals surface area (Å²) < 4.78 is 5.80. The third-order valence-electron chi connectivity index (χ3n) is 2.80. The number of hydrogen-bond acceptors (Lipinski definition) is 4. The molecule has 2 rings (SSSR count). The van der Waals surface area contributed by atoms with Crippen molar-refractivity contribution in [3.05, 3.63) is 58.5 Å². The smallest absolute Gasteiger partial charge is 0.240 e. The first kappa shape index (κ1) is 15.5. The first-order valence-electron chi connectivity index (χ1n) is 6.45. The fourth-order valence-electron chi connectivity index (χ4n) is 1.73. The van der Waals surface area contributed by atoms with Crippen molar-refractivity contribution < 1.29 is 14.3 Å². The summed E-state index contributed by atoms with van der Waals surface area (Å²) in [6.45, 7) is 0. The number of aliphatic hydroxyl groups excluding tert-OH is 1. The zero-order valence-corrected chi connectivity index (χ0v) is 12.8. The van der Waals surface area contributed by atoms with Crippen LogP contribution in [-0.2, 0) is 4.79 Å². The Morgan fingerprint density at radius 1 is 1.33 bits per heavy atom. The average molecular weight is 351 g/mol. The molecular weight excluding hydrogens is 336 g/mol. The van der Waals surface area contributed by atoms with E-state index in [9.17, 15) is 9.90 Å². The molecule has 0 aliphatic rings. The SMILES string of the molecule is O=C(CC[C@H](O)c1ccccc1)N/N=C\c1ccc(Br)o1. The van der Waals surface area contributed by atoms with Gasteiger partial charge < -0.3 is 9.52 Å². The zero-order valence-electron chi connectivity index (χ0n) is 11.2. The van der Waals surface area contributed by atoms with Gasteiger partial charge in [0, 0.05) is 6.42 Å². The first-order valence-corrected chi connectivity index (χ1v) is 7.24. The van der Waals surface area contributed by atoms with E-state index < -0.39 is 6.10 Å². The molecule has 0 aliphatic heterocycles. The van der Waals surface area contributed by atoms with E-state index >= 15 is 0 Å². The maximum absolute atomic E-state index is 11.6. The molecule has 0 aliphatic carbocycles. The third kappa shape index (κ3) is 5.17. The van der Waals surface area contributed by atoms with Gasteiger partial charge in [-0.05, 0) is 40.0 Å². The molecule has 0 bridgehead atoms. The summed E-state index contributed by atoms with van der Waals surface area (Å²) >= 11 is 3.17. The van der Waals surface area contributed by atoms with Crippen molar-refractivity contribution in [2.75, 3.05) is 0 Å². The van der Waals surface area contributed by atoms with Crippen molar-refractivity contribution in [1.29, 1.82) is 0 Å². The van der Waals surface area contributed by atoms with Crippen molar-refractivity contribution >= 4 is 28.1 Å². The highest BCUT2D eigenvalue weighted by molar-refractivity contribution is 9.10. The molecule has 0 radical (unpaired) electrons. The lowest BCUT2D eigenvalue weighted by atomic mass is 10.1. The minimum absolute atomic E-state index is 0.190. The molecule has 1 heterocycles. The molecule has 1 aromatic heterocycles. The van der Waals surface area contributed by atoms with Gasteiger partial charge in [-0.3, -0.25) is 4.79 Å². The summed E-state index contributed by atoms with van der Waals surface area (Å²) in [4.78, 5) is 11.6. The van der Waals surface area contributed by atoms with Gasteiger partial charge in [-0.1, -0.05) is 30.3 Å². The maximum Gasteiger partial charge on any atom is 0.240 e. The Kier molecular flexibility index (Phi) is 5.71. The van der Waals surface area contributed by atoms with Gasteiger partial charge in [0.25, 0.3) is 0 Å². The second-order valence-corrected chi connectivity index (χ2v) is 5.18. The summed E-state index contributed by atoms with van der Waals surface area (Å²) in [7, 11) is 0. The Balaban J connectivity index is 1.74. The Bertz CT molecular complexity index is 610. The van der Waals surface area contributed by atoms with Crippen LogP contribution in [0.2, 0.25) is 0 Å². The topological polar surface area (TPSA) is 74.8 Å². The van der Waals surface area contributed by atoms with E-state index in [1.54, 1.807) is 12.1 Å². The fraction of sp³-hybridized carbons (Fsp3) is 0.200. The highest BCUT2D eigenvalue weighted by Crippen LogP contribution is 2.17. The number of carbonyl (C=O) groups is 1. The number of nitrogens with one attached hydrogen (secondary N) is 1. The third-order valence-corrected chi connectivity index (χ3v) is 3.23. The van der Waals surface area contributed by atoms with Crippen molar-refractivity contribution in [1.82, 2.24) is 5.43 Å². The molecule has 110 valence electrons. The summed E-state index contributed by atoms with van der Waals surface area (Å²) in [6.07, 6.45) is 1.30. The minimum atomic E-state index is -0.651. The summed E-state index contributed by atoms with van der Waals surface area (Å²) in [6, 6.07) is 12.7. The van der Waals surface area contributed by atoms with Crippen LogP contribution in [0.3, 0.4) is 0 Å². The monoisotopic (exact) mass is 350 g/mol. The number of rotatable bonds is 6. The second-order valence-electron chi connectivity index (χ2n) is 4.40. The molecule has 1 aromatic carbocycles. The van der Waals surface area contributed by atoms with E-state index in [4.69, 9.17) is 4.42 Å². The number of hydrogen-bond donors (Lipinski definition) is 2. The predicted octanol–water partition coefficient (Wildman–Crippen LogP) is 3.01. The van der Waals surface area contributed by atoms with Gasteiger partial charge in [0.15, 0.2) is 4.67 Å². The number of hydrazone groups is 1. The van der Waals surface area contributed by atoms with Crippen LogP contribution in [0.1, 0.15) is 30.3 Å². The number of amides is 1. The molecule has 21 heavy (non-hydrogen) atoms. The Labute approximate surface area is 130 Å². The molecule has 0 saturated heterocycles. The molecule has 0 fully saturated rings. The fourth-order valence-corrected chi connectivity index (χ4v) is 2.05. The lowest BCUT2D eigenvalue weighted by Crippen LogP contribution is -2.18. The second kappa shape index (κ2) is 7.75. The van der Waals surface area contributed by atoms with E-state index in [-0.39, 0.29) is 12.3 Å². The highest BCUT2D eigenvalue weighted by atomic mass is 79.9. The quantitative estimate of drug-likeness (QED) is 0.621. The molecular formula is C15H15BrN2O3. The lowest BCUT2D eigenvalue weighted by Gasteiger charge is -2.09. The Morgan fingerprint density at radius 3 is 2.76 bits per heavy atom. The van der Waals surface area contributed by atoms with Crippen LogP contribution in [0, 0.1) is 0 Å². The standard InChI is InChI=1S/C15H15BrN2O3/c16-14-8-6-12(21-14)10-17-18-15(20)9-7-13(19)11-4-2-1-3-5-11/h1-6,8,10,13,19H,7,9H2,(H,18,20)/b17-10-/t13-/m0/s1. The van der Waals surface area contributed by atoms with Crippen LogP contribution in [0.25, 0.3) is 0 Å². The van der Waals surface area contributed by atoms with Crippen molar-refractivity contribution in [2.24, 2.45) is 5.10 Å².